The van der Waals surface area contributed by atoms with Crippen LogP contribution in [0.2, 0.25) is 0 Å². The molecule has 31 heavy (non-hydrogen) atoms. The van der Waals surface area contributed by atoms with Gasteiger partial charge in [0.2, 0.25) is 0 Å². The van der Waals surface area contributed by atoms with E-state index in [2.05, 4.69) is 9.50 Å². The summed E-state index contributed by atoms with van der Waals surface area (Å²) >= 11 is 0. The molecule has 1 aliphatic heterocycles. The molecule has 0 fully saturated rings. The third-order valence-electron chi connectivity index (χ3n) is 4.47. The van der Waals surface area contributed by atoms with Crippen molar-refractivity contribution in [1.29, 1.82) is 0 Å². The van der Waals surface area contributed by atoms with Gasteiger partial charge in [-0.2, -0.15) is 13.5 Å². The second-order valence-electron chi connectivity index (χ2n) is 7.47. The first-order valence-electron chi connectivity index (χ1n) is 10.0. The fourth-order valence-corrected chi connectivity index (χ4v) is 4.23. The molecule has 166 valence electrons. The van der Waals surface area contributed by atoms with Gasteiger partial charge in [0.15, 0.2) is 5.84 Å². The van der Waals surface area contributed by atoms with Gasteiger partial charge in [-0.1, -0.05) is 26.0 Å². The summed E-state index contributed by atoms with van der Waals surface area (Å²) in [6.07, 6.45) is 2.14. The molecule has 1 heterocycles. The number of aliphatic hydroxyl groups is 1. The molecular formula is C22H27N3O5S. The van der Waals surface area contributed by atoms with E-state index in [0.717, 1.165) is 5.56 Å². The number of aliphatic hydroxyl groups excluding tert-OH is 1. The third-order valence-corrected chi connectivity index (χ3v) is 5.80. The van der Waals surface area contributed by atoms with Gasteiger partial charge >= 0.3 is 0 Å². The van der Waals surface area contributed by atoms with Crippen LogP contribution in [0.4, 0.5) is 0 Å². The largest absolute Gasteiger partial charge is 0.497 e. The Hall–Kier alpha value is -2.91. The smallest absolute Gasteiger partial charge is 0.285 e. The standard InChI is InChI=1S/C22H27N3O5S/c1-16(2)15-25(23-14-17-6-4-7-18(12-17)29-3)22-20-13-19(30-11-5-10-26)8-9-21(20)31(27,28)24-22/h4,6-9,12-14,16,26H,5,10-11,15H2,1-3H3/b23-14+. The Bertz CT molecular complexity index is 1080. The summed E-state index contributed by atoms with van der Waals surface area (Å²) in [5.74, 6) is 1.68. The Kier molecular flexibility index (Phi) is 7.29. The molecule has 0 aromatic heterocycles. The fourth-order valence-electron chi connectivity index (χ4n) is 3.04. The quantitative estimate of drug-likeness (QED) is 0.362. The van der Waals surface area contributed by atoms with Crippen LogP contribution in [0.5, 0.6) is 11.5 Å². The molecule has 0 bridgehead atoms. The van der Waals surface area contributed by atoms with Gasteiger partial charge in [-0.15, -0.1) is 4.40 Å². The minimum atomic E-state index is -3.81. The maximum atomic E-state index is 12.6. The molecule has 2 aromatic carbocycles. The highest BCUT2D eigenvalue weighted by molar-refractivity contribution is 7.90. The van der Waals surface area contributed by atoms with Crippen molar-refractivity contribution in [2.45, 2.75) is 25.2 Å². The van der Waals surface area contributed by atoms with E-state index in [0.29, 0.717) is 36.6 Å². The zero-order valence-corrected chi connectivity index (χ0v) is 18.7. The zero-order chi connectivity index (χ0) is 22.4. The SMILES string of the molecule is COc1cccc(/C=N/N(CC(C)C)C2=NS(=O)(=O)c3ccc(OCCCO)cc32)c1. The maximum absolute atomic E-state index is 12.6. The number of ether oxygens (including phenoxy) is 2. The predicted molar refractivity (Wildman–Crippen MR) is 119 cm³/mol. The Balaban J connectivity index is 1.96. The van der Waals surface area contributed by atoms with Crippen LogP contribution in [0.3, 0.4) is 0 Å². The lowest BCUT2D eigenvalue weighted by Crippen LogP contribution is -2.29. The number of hydrazone groups is 1. The Labute approximate surface area is 182 Å². The van der Waals surface area contributed by atoms with Gasteiger partial charge in [0.25, 0.3) is 10.0 Å². The molecule has 1 aliphatic rings. The van der Waals surface area contributed by atoms with Gasteiger partial charge < -0.3 is 14.6 Å². The first-order chi connectivity index (χ1) is 14.8. The number of sulfonamides is 1. The lowest BCUT2D eigenvalue weighted by atomic mass is 10.1. The molecule has 0 unspecified atom stereocenters. The maximum Gasteiger partial charge on any atom is 0.285 e. The minimum absolute atomic E-state index is 0.0210. The molecule has 3 rings (SSSR count). The summed E-state index contributed by atoms with van der Waals surface area (Å²) in [7, 11) is -2.22. The lowest BCUT2D eigenvalue weighted by Gasteiger charge is -2.21. The molecule has 0 saturated heterocycles. The van der Waals surface area contributed by atoms with Gasteiger partial charge in [-0.3, -0.25) is 0 Å². The molecule has 2 aromatic rings. The summed E-state index contributed by atoms with van der Waals surface area (Å²) < 4.78 is 40.1. The van der Waals surface area contributed by atoms with Gasteiger partial charge in [-0.05, 0) is 41.8 Å². The van der Waals surface area contributed by atoms with E-state index in [9.17, 15) is 8.42 Å². The highest BCUT2D eigenvalue weighted by Crippen LogP contribution is 2.31. The van der Waals surface area contributed by atoms with E-state index >= 15 is 0 Å². The molecule has 0 radical (unpaired) electrons. The van der Waals surface area contributed by atoms with Crippen molar-refractivity contribution >= 4 is 22.1 Å². The fraction of sp³-hybridized carbons (Fsp3) is 0.364. The number of methoxy groups -OCH3 is 1. The number of benzene rings is 2. The number of hydrogen-bond acceptors (Lipinski definition) is 7. The van der Waals surface area contributed by atoms with E-state index in [1.807, 2.05) is 38.1 Å². The molecule has 1 N–H and O–H groups in total. The van der Waals surface area contributed by atoms with E-state index < -0.39 is 10.0 Å². The van der Waals surface area contributed by atoms with E-state index in [-0.39, 0.29) is 23.3 Å². The summed E-state index contributed by atoms with van der Waals surface area (Å²) in [5.41, 5.74) is 1.26. The van der Waals surface area contributed by atoms with Gasteiger partial charge in [0.1, 0.15) is 16.4 Å². The van der Waals surface area contributed by atoms with E-state index in [4.69, 9.17) is 14.6 Å². The summed E-state index contributed by atoms with van der Waals surface area (Å²) in [4.78, 5) is 0.127. The first kappa shape index (κ1) is 22.8. The summed E-state index contributed by atoms with van der Waals surface area (Å²) in [5, 5.41) is 15.1. The van der Waals surface area contributed by atoms with Crippen molar-refractivity contribution in [2.24, 2.45) is 15.4 Å². The van der Waals surface area contributed by atoms with Crippen molar-refractivity contribution < 1.29 is 23.0 Å². The van der Waals surface area contributed by atoms with E-state index in [1.165, 1.54) is 6.07 Å². The Morgan fingerprint density at radius 1 is 1.19 bits per heavy atom. The summed E-state index contributed by atoms with van der Waals surface area (Å²) in [6.45, 7) is 4.87. The first-order valence-corrected chi connectivity index (χ1v) is 11.5. The molecule has 0 amide bonds. The van der Waals surface area contributed by atoms with Crippen molar-refractivity contribution in [3.63, 3.8) is 0 Å². The normalized spacial score (nSPS) is 14.5. The van der Waals surface area contributed by atoms with Crippen LogP contribution < -0.4 is 9.47 Å². The Morgan fingerprint density at radius 3 is 2.71 bits per heavy atom. The molecular weight excluding hydrogens is 418 g/mol. The third kappa shape index (κ3) is 5.62. The van der Waals surface area contributed by atoms with Gasteiger partial charge in [0, 0.05) is 25.1 Å². The van der Waals surface area contributed by atoms with Gasteiger partial charge in [0.05, 0.1) is 19.9 Å². The highest BCUT2D eigenvalue weighted by Gasteiger charge is 2.32. The van der Waals surface area contributed by atoms with Crippen molar-refractivity contribution in [1.82, 2.24) is 5.01 Å². The van der Waals surface area contributed by atoms with Crippen LogP contribution in [-0.2, 0) is 10.0 Å². The molecule has 0 saturated carbocycles. The molecule has 0 atom stereocenters. The van der Waals surface area contributed by atoms with Crippen LogP contribution in [0.1, 0.15) is 31.4 Å². The van der Waals surface area contributed by atoms with Crippen LogP contribution in [0.25, 0.3) is 0 Å². The topological polar surface area (TPSA) is 101 Å². The van der Waals surface area contributed by atoms with Gasteiger partial charge in [-0.25, -0.2) is 5.01 Å². The number of hydrogen-bond donors (Lipinski definition) is 1. The second-order valence-corrected chi connectivity index (χ2v) is 9.04. The van der Waals surface area contributed by atoms with E-state index in [1.54, 1.807) is 30.5 Å². The van der Waals surface area contributed by atoms with Crippen molar-refractivity contribution in [2.75, 3.05) is 26.9 Å². The number of rotatable bonds is 9. The number of fused-ring (bicyclic) bond motifs is 1. The highest BCUT2D eigenvalue weighted by atomic mass is 32.2. The summed E-state index contributed by atoms with van der Waals surface area (Å²) in [6, 6.07) is 12.2. The zero-order valence-electron chi connectivity index (χ0n) is 17.9. The average molecular weight is 446 g/mol. The average Bonchev–Trinajstić information content (AvgIpc) is 3.01. The molecule has 9 heteroatoms. The number of amidine groups is 1. The Morgan fingerprint density at radius 2 is 2.00 bits per heavy atom. The minimum Gasteiger partial charge on any atom is -0.497 e. The monoisotopic (exact) mass is 445 g/mol. The van der Waals surface area contributed by atoms with Crippen molar-refractivity contribution in [3.05, 3.63) is 53.6 Å². The number of nitrogens with zero attached hydrogens (tertiary/aromatic N) is 3. The second kappa shape index (κ2) is 9.93. The van der Waals surface area contributed by atoms with Crippen LogP contribution >= 0.6 is 0 Å². The van der Waals surface area contributed by atoms with Crippen LogP contribution in [0.15, 0.2) is 56.9 Å². The molecule has 0 spiro atoms. The van der Waals surface area contributed by atoms with Crippen molar-refractivity contribution in [3.8, 4) is 11.5 Å². The molecule has 0 aliphatic carbocycles. The predicted octanol–water partition coefficient (Wildman–Crippen LogP) is 2.90. The molecule has 8 nitrogen and oxygen atoms in total. The van der Waals surface area contributed by atoms with Crippen LogP contribution in [-0.4, -0.2) is 57.5 Å². The lowest BCUT2D eigenvalue weighted by molar-refractivity contribution is 0.233. The van der Waals surface area contributed by atoms with Crippen LogP contribution in [0, 0.1) is 5.92 Å².